The van der Waals surface area contributed by atoms with Gasteiger partial charge in [-0.05, 0) is 70.6 Å². The number of allylic oxidation sites excluding steroid dienone is 11. The molecular weight excluding hydrogens is 705 g/mol. The van der Waals surface area contributed by atoms with E-state index in [-0.39, 0.29) is 13.0 Å². The van der Waals surface area contributed by atoms with E-state index >= 15 is 0 Å². The molecule has 0 rings (SSSR count). The Morgan fingerprint density at radius 1 is 0.611 bits per heavy atom. The zero-order valence-corrected chi connectivity index (χ0v) is 34.4. The molecular formula is C43H74NO9P. The van der Waals surface area contributed by atoms with E-state index in [0.29, 0.717) is 19.4 Å². The van der Waals surface area contributed by atoms with Crippen molar-refractivity contribution in [3.8, 4) is 0 Å². The van der Waals surface area contributed by atoms with Crippen LogP contribution in [0.1, 0.15) is 149 Å². The van der Waals surface area contributed by atoms with Crippen LogP contribution in [0.3, 0.4) is 0 Å². The highest BCUT2D eigenvalue weighted by atomic mass is 31.2. The Hall–Kier alpha value is -2.59. The smallest absolute Gasteiger partial charge is 0.472 e. The first-order valence-electron chi connectivity index (χ1n) is 20.5. The fourth-order valence-corrected chi connectivity index (χ4v) is 5.85. The molecule has 0 saturated carbocycles. The molecule has 0 spiro atoms. The second kappa shape index (κ2) is 38.7. The number of esters is 1. The number of hydrogen-bond acceptors (Lipinski definition) is 8. The van der Waals surface area contributed by atoms with Crippen LogP contribution < -0.4 is 5.73 Å². The Kier molecular flexibility index (Phi) is 36.8. The van der Waals surface area contributed by atoms with Crippen molar-refractivity contribution >= 4 is 19.8 Å². The van der Waals surface area contributed by atoms with Gasteiger partial charge in [-0.25, -0.2) is 4.57 Å². The number of carbonyl (C=O) groups excluding carboxylic acids is 1. The second-order valence-corrected chi connectivity index (χ2v) is 14.8. The molecule has 0 aromatic rings. The van der Waals surface area contributed by atoms with Gasteiger partial charge in [0.05, 0.1) is 26.4 Å². The molecule has 10 nitrogen and oxygen atoms in total. The highest BCUT2D eigenvalue weighted by molar-refractivity contribution is 7.47. The summed E-state index contributed by atoms with van der Waals surface area (Å²) in [7, 11) is -4.64. The average Bonchev–Trinajstić information content (AvgIpc) is 3.15. The minimum absolute atomic E-state index is 0.0441. The molecule has 3 atom stereocenters. The number of carboxylic acids is 1. The van der Waals surface area contributed by atoms with Crippen LogP contribution in [-0.2, 0) is 32.7 Å². The van der Waals surface area contributed by atoms with Crippen molar-refractivity contribution in [1.29, 1.82) is 0 Å². The van der Waals surface area contributed by atoms with Crippen molar-refractivity contribution in [3.63, 3.8) is 0 Å². The molecule has 0 heterocycles. The van der Waals surface area contributed by atoms with Gasteiger partial charge in [-0.1, -0.05) is 145 Å². The number of nitrogens with two attached hydrogens (primary N) is 1. The van der Waals surface area contributed by atoms with Crippen LogP contribution in [0.15, 0.2) is 72.9 Å². The number of aliphatic carboxylic acids is 1. The predicted molar refractivity (Wildman–Crippen MR) is 221 cm³/mol. The minimum atomic E-state index is -4.64. The molecule has 0 aliphatic rings. The highest BCUT2D eigenvalue weighted by Gasteiger charge is 2.27. The Morgan fingerprint density at radius 2 is 1.07 bits per heavy atom. The minimum Gasteiger partial charge on any atom is -0.480 e. The summed E-state index contributed by atoms with van der Waals surface area (Å²) in [5, 5.41) is 8.88. The summed E-state index contributed by atoms with van der Waals surface area (Å²) in [5.41, 5.74) is 5.34. The molecule has 11 heteroatoms. The molecule has 0 aliphatic carbocycles. The van der Waals surface area contributed by atoms with Crippen molar-refractivity contribution in [2.24, 2.45) is 5.73 Å². The summed E-state index contributed by atoms with van der Waals surface area (Å²) >= 11 is 0. The summed E-state index contributed by atoms with van der Waals surface area (Å²) in [5.74, 6) is -1.83. The molecule has 0 aliphatic heterocycles. The maximum absolute atomic E-state index is 12.6. The second-order valence-electron chi connectivity index (χ2n) is 13.4. The Balaban J connectivity index is 4.42. The van der Waals surface area contributed by atoms with Crippen molar-refractivity contribution < 1.29 is 42.7 Å². The number of phosphoric acid groups is 1. The van der Waals surface area contributed by atoms with E-state index in [0.717, 1.165) is 64.2 Å². The van der Waals surface area contributed by atoms with Crippen LogP contribution in [0.5, 0.6) is 0 Å². The van der Waals surface area contributed by atoms with Crippen molar-refractivity contribution in [2.75, 3.05) is 26.4 Å². The van der Waals surface area contributed by atoms with E-state index < -0.39 is 45.1 Å². The van der Waals surface area contributed by atoms with Crippen molar-refractivity contribution in [2.45, 2.75) is 161 Å². The van der Waals surface area contributed by atoms with Crippen LogP contribution in [0, 0.1) is 0 Å². The largest absolute Gasteiger partial charge is 0.480 e. The molecule has 4 N–H and O–H groups in total. The average molecular weight is 780 g/mol. The third-order valence-corrected chi connectivity index (χ3v) is 9.19. The van der Waals surface area contributed by atoms with E-state index in [4.69, 9.17) is 24.8 Å². The van der Waals surface area contributed by atoms with Gasteiger partial charge in [0.1, 0.15) is 12.1 Å². The van der Waals surface area contributed by atoms with Crippen molar-refractivity contribution in [3.05, 3.63) is 72.9 Å². The molecule has 310 valence electrons. The van der Waals surface area contributed by atoms with Gasteiger partial charge in [0.2, 0.25) is 0 Å². The molecule has 54 heavy (non-hydrogen) atoms. The first kappa shape index (κ1) is 51.4. The maximum atomic E-state index is 12.6. The number of carboxylic acid groups (broad SMARTS) is 1. The van der Waals surface area contributed by atoms with Crippen LogP contribution in [0.25, 0.3) is 0 Å². The van der Waals surface area contributed by atoms with Crippen molar-refractivity contribution in [1.82, 2.24) is 0 Å². The first-order chi connectivity index (χ1) is 26.2. The lowest BCUT2D eigenvalue weighted by Crippen LogP contribution is -2.34. The van der Waals surface area contributed by atoms with Crippen LogP contribution >= 0.6 is 7.82 Å². The van der Waals surface area contributed by atoms with Gasteiger partial charge in [-0.3, -0.25) is 18.6 Å². The molecule has 0 radical (unpaired) electrons. The molecule has 0 aromatic carbocycles. The van der Waals surface area contributed by atoms with Gasteiger partial charge in [0.25, 0.3) is 0 Å². The zero-order valence-electron chi connectivity index (χ0n) is 33.5. The van der Waals surface area contributed by atoms with Gasteiger partial charge in [-0.2, -0.15) is 0 Å². The summed E-state index contributed by atoms with van der Waals surface area (Å²) in [6.07, 6.45) is 46.9. The third kappa shape index (κ3) is 37.7. The number of carbonyl (C=O) groups is 2. The summed E-state index contributed by atoms with van der Waals surface area (Å²) in [6.45, 7) is 3.51. The predicted octanol–water partition coefficient (Wildman–Crippen LogP) is 11.0. The monoisotopic (exact) mass is 780 g/mol. The third-order valence-electron chi connectivity index (χ3n) is 8.24. The van der Waals surface area contributed by atoms with Gasteiger partial charge in [0, 0.05) is 6.42 Å². The first-order valence-corrected chi connectivity index (χ1v) is 22.0. The van der Waals surface area contributed by atoms with Gasteiger partial charge in [-0.15, -0.1) is 0 Å². The fourth-order valence-electron chi connectivity index (χ4n) is 5.07. The summed E-state index contributed by atoms with van der Waals surface area (Å²) in [4.78, 5) is 33.5. The fraction of sp³-hybridized carbons (Fsp3) is 0.674. The molecule has 0 saturated heterocycles. The van der Waals surface area contributed by atoms with Crippen LogP contribution in [0.4, 0.5) is 0 Å². The molecule has 3 unspecified atom stereocenters. The van der Waals surface area contributed by atoms with Crippen LogP contribution in [-0.4, -0.2) is 60.5 Å². The topological polar surface area (TPSA) is 155 Å². The molecule has 0 fully saturated rings. The highest BCUT2D eigenvalue weighted by Crippen LogP contribution is 2.43. The molecule has 0 amide bonds. The van der Waals surface area contributed by atoms with E-state index in [1.807, 2.05) is 12.2 Å². The Bertz CT molecular complexity index is 1130. The van der Waals surface area contributed by atoms with Gasteiger partial charge < -0.3 is 25.2 Å². The Labute approximate surface area is 327 Å². The number of rotatable bonds is 38. The zero-order chi connectivity index (χ0) is 39.8. The van der Waals surface area contributed by atoms with E-state index in [1.54, 1.807) is 0 Å². The lowest BCUT2D eigenvalue weighted by atomic mass is 10.1. The quantitative estimate of drug-likeness (QED) is 0.0239. The standard InChI is InChI=1S/C43H74NO9P/c1-3-5-7-9-11-13-15-17-19-21-23-25-27-29-31-33-35-42(45)53-40(38-51-54(48,49)52-39-41(44)43(46)47)37-50-36-34-32-30-28-26-24-22-20-18-16-14-12-10-8-6-4-2/h6,8,12,14,18-21,24,26,30,32,40-41H,3-5,7,9-11,13,15-17,22-23,25,27-29,31,33-39,44H2,1-2H3,(H,46,47)(H,48,49)/b8-6-,14-12-,20-18-,21-19-,26-24-,32-30-. The normalized spacial score (nSPS) is 14.7. The maximum Gasteiger partial charge on any atom is 0.472 e. The van der Waals surface area contributed by atoms with Gasteiger partial charge >= 0.3 is 19.8 Å². The Morgan fingerprint density at radius 3 is 1.61 bits per heavy atom. The van der Waals surface area contributed by atoms with E-state index in [9.17, 15) is 19.0 Å². The van der Waals surface area contributed by atoms with Crippen LogP contribution in [0.2, 0.25) is 0 Å². The number of ether oxygens (including phenoxy) is 2. The van der Waals surface area contributed by atoms with Gasteiger partial charge in [0.15, 0.2) is 0 Å². The van der Waals surface area contributed by atoms with E-state index in [2.05, 4.69) is 79.1 Å². The summed E-state index contributed by atoms with van der Waals surface area (Å²) < 4.78 is 33.2. The number of unbranched alkanes of at least 4 members (excludes halogenated alkanes) is 12. The lowest BCUT2D eigenvalue weighted by Gasteiger charge is -2.20. The number of hydrogen-bond donors (Lipinski definition) is 3. The molecule has 0 bridgehead atoms. The van der Waals surface area contributed by atoms with E-state index in [1.165, 1.54) is 51.4 Å². The number of phosphoric ester groups is 1. The lowest BCUT2D eigenvalue weighted by molar-refractivity contribution is -0.154. The molecule has 0 aromatic heterocycles. The SMILES string of the molecule is CC/C=C\C/C=C\C/C=C\C/C=C\C/C=C\CCOCC(COP(=O)(O)OCC(N)C(=O)O)OC(=O)CCCCCCC/C=C\CCCCCCCCC. The summed E-state index contributed by atoms with van der Waals surface area (Å²) in [6, 6.07) is -1.49.